The zero-order chi connectivity index (χ0) is 11.7. The molecule has 2 aromatic rings. The van der Waals surface area contributed by atoms with Crippen LogP contribution in [0.15, 0.2) is 28.8 Å². The number of nitrogen functional groups attached to an aromatic ring is 1. The van der Waals surface area contributed by atoms with Crippen molar-refractivity contribution in [3.63, 3.8) is 0 Å². The molecule has 5 heteroatoms. The molecule has 0 aliphatic heterocycles. The molecule has 16 heavy (non-hydrogen) atoms. The lowest BCUT2D eigenvalue weighted by atomic mass is 10.1. The number of benzene rings is 1. The van der Waals surface area contributed by atoms with Crippen LogP contribution in [0.5, 0.6) is 0 Å². The van der Waals surface area contributed by atoms with Crippen molar-refractivity contribution in [2.45, 2.75) is 0 Å². The Hall–Kier alpha value is -1.68. The highest BCUT2D eigenvalue weighted by atomic mass is 35.5. The second-order valence-electron chi connectivity index (χ2n) is 3.65. The molecular formula is C11H12ClN3O. The lowest BCUT2D eigenvalue weighted by Gasteiger charge is -2.12. The summed E-state index contributed by atoms with van der Waals surface area (Å²) < 4.78 is 4.81. The van der Waals surface area contributed by atoms with E-state index in [9.17, 15) is 0 Å². The minimum atomic E-state index is 0.147. The first-order valence-corrected chi connectivity index (χ1v) is 5.16. The monoisotopic (exact) mass is 237 g/mol. The van der Waals surface area contributed by atoms with E-state index in [-0.39, 0.29) is 5.88 Å². The minimum Gasteiger partial charge on any atom is -0.378 e. The van der Waals surface area contributed by atoms with Gasteiger partial charge in [-0.25, -0.2) is 0 Å². The number of aromatic nitrogens is 1. The lowest BCUT2D eigenvalue weighted by molar-refractivity contribution is 0.439. The first kappa shape index (κ1) is 10.8. The van der Waals surface area contributed by atoms with Crippen molar-refractivity contribution >= 4 is 23.2 Å². The molecule has 2 N–H and O–H groups in total. The summed E-state index contributed by atoms with van der Waals surface area (Å²) in [6, 6.07) is 7.82. The molecule has 0 fully saturated rings. The average Bonchev–Trinajstić information content (AvgIpc) is 2.60. The van der Waals surface area contributed by atoms with Crippen LogP contribution in [0.4, 0.5) is 11.6 Å². The topological polar surface area (TPSA) is 55.3 Å². The van der Waals surface area contributed by atoms with Gasteiger partial charge in [0.05, 0.1) is 0 Å². The van der Waals surface area contributed by atoms with E-state index < -0.39 is 0 Å². The fourth-order valence-corrected chi connectivity index (χ4v) is 1.57. The smallest absolute Gasteiger partial charge is 0.241 e. The fraction of sp³-hybridized carbons (Fsp3) is 0.182. The number of anilines is 2. The van der Waals surface area contributed by atoms with E-state index in [0.29, 0.717) is 10.7 Å². The van der Waals surface area contributed by atoms with Crippen LogP contribution in [0.3, 0.4) is 0 Å². The molecule has 2 rings (SSSR count). The van der Waals surface area contributed by atoms with E-state index in [2.05, 4.69) is 5.16 Å². The van der Waals surface area contributed by atoms with Crippen LogP contribution in [0.1, 0.15) is 0 Å². The molecule has 1 aromatic carbocycles. The Morgan fingerprint density at radius 3 is 2.31 bits per heavy atom. The quantitative estimate of drug-likeness (QED) is 0.873. The first-order chi connectivity index (χ1) is 7.59. The maximum Gasteiger partial charge on any atom is 0.241 e. The zero-order valence-corrected chi connectivity index (χ0v) is 9.82. The summed E-state index contributed by atoms with van der Waals surface area (Å²) in [7, 11) is 3.96. The van der Waals surface area contributed by atoms with Gasteiger partial charge in [0.15, 0.2) is 0 Å². The Morgan fingerprint density at radius 1 is 1.25 bits per heavy atom. The number of hydrogen-bond donors (Lipinski definition) is 1. The second-order valence-corrected chi connectivity index (χ2v) is 4.03. The molecule has 84 valence electrons. The SMILES string of the molecule is CN(C)c1ccc(-c2noc(N)c2Cl)cc1. The van der Waals surface area contributed by atoms with E-state index in [1.807, 2.05) is 43.3 Å². The van der Waals surface area contributed by atoms with Crippen molar-refractivity contribution in [2.24, 2.45) is 0 Å². The maximum atomic E-state index is 5.95. The van der Waals surface area contributed by atoms with Gasteiger partial charge in [-0.15, -0.1) is 0 Å². The van der Waals surface area contributed by atoms with Gasteiger partial charge in [-0.3, -0.25) is 0 Å². The summed E-state index contributed by atoms with van der Waals surface area (Å²) in [6.45, 7) is 0. The van der Waals surface area contributed by atoms with Gasteiger partial charge in [0.1, 0.15) is 10.7 Å². The van der Waals surface area contributed by atoms with Crippen molar-refractivity contribution < 1.29 is 4.52 Å². The average molecular weight is 238 g/mol. The van der Waals surface area contributed by atoms with Crippen molar-refractivity contribution in [1.29, 1.82) is 0 Å². The molecule has 0 radical (unpaired) electrons. The third-order valence-electron chi connectivity index (χ3n) is 2.32. The van der Waals surface area contributed by atoms with Crippen molar-refractivity contribution in [1.82, 2.24) is 5.16 Å². The van der Waals surface area contributed by atoms with Crippen molar-refractivity contribution in [3.05, 3.63) is 29.3 Å². The Kier molecular flexibility index (Phi) is 2.75. The third kappa shape index (κ3) is 1.84. The van der Waals surface area contributed by atoms with E-state index in [1.165, 1.54) is 0 Å². The van der Waals surface area contributed by atoms with Crippen LogP contribution in [0, 0.1) is 0 Å². The Morgan fingerprint density at radius 2 is 1.88 bits per heavy atom. The number of nitrogens with zero attached hydrogens (tertiary/aromatic N) is 2. The van der Waals surface area contributed by atoms with Crippen molar-refractivity contribution in [2.75, 3.05) is 24.7 Å². The van der Waals surface area contributed by atoms with Gasteiger partial charge in [0, 0.05) is 25.3 Å². The molecule has 4 nitrogen and oxygen atoms in total. The predicted molar refractivity (Wildman–Crippen MR) is 65.7 cm³/mol. The number of rotatable bonds is 2. The van der Waals surface area contributed by atoms with Gasteiger partial charge in [-0.2, -0.15) is 0 Å². The first-order valence-electron chi connectivity index (χ1n) is 4.78. The zero-order valence-electron chi connectivity index (χ0n) is 9.07. The Labute approximate surface area is 98.6 Å². The summed E-state index contributed by atoms with van der Waals surface area (Å²) in [5.41, 5.74) is 8.05. The fourth-order valence-electron chi connectivity index (χ4n) is 1.39. The Balaban J connectivity index is 2.38. The number of halogens is 1. The van der Waals surface area contributed by atoms with Gasteiger partial charge in [0.25, 0.3) is 0 Å². The predicted octanol–water partition coefficient (Wildman–Crippen LogP) is 2.64. The number of hydrogen-bond acceptors (Lipinski definition) is 4. The molecule has 0 atom stereocenters. The molecule has 0 saturated heterocycles. The summed E-state index contributed by atoms with van der Waals surface area (Å²) >= 11 is 5.95. The van der Waals surface area contributed by atoms with Crippen LogP contribution in [-0.2, 0) is 0 Å². The van der Waals surface area contributed by atoms with E-state index in [0.717, 1.165) is 11.3 Å². The molecular weight excluding hydrogens is 226 g/mol. The largest absolute Gasteiger partial charge is 0.378 e. The van der Waals surface area contributed by atoms with Crippen molar-refractivity contribution in [3.8, 4) is 11.3 Å². The molecule has 0 spiro atoms. The number of nitrogens with two attached hydrogens (primary N) is 1. The maximum absolute atomic E-state index is 5.95. The molecule has 1 aromatic heterocycles. The van der Waals surface area contributed by atoms with Crippen LogP contribution < -0.4 is 10.6 Å². The van der Waals surface area contributed by atoms with Crippen LogP contribution in [0.2, 0.25) is 5.02 Å². The third-order valence-corrected chi connectivity index (χ3v) is 2.68. The molecule has 0 aliphatic rings. The van der Waals surface area contributed by atoms with E-state index in [4.69, 9.17) is 21.9 Å². The highest BCUT2D eigenvalue weighted by Gasteiger charge is 2.12. The highest BCUT2D eigenvalue weighted by molar-refractivity contribution is 6.35. The molecule has 0 unspecified atom stereocenters. The van der Waals surface area contributed by atoms with Gasteiger partial charge in [-0.05, 0) is 12.1 Å². The summed E-state index contributed by atoms with van der Waals surface area (Å²) in [6.07, 6.45) is 0. The van der Waals surface area contributed by atoms with E-state index in [1.54, 1.807) is 0 Å². The van der Waals surface area contributed by atoms with Crippen LogP contribution in [0.25, 0.3) is 11.3 Å². The Bertz CT molecular complexity index is 490. The summed E-state index contributed by atoms with van der Waals surface area (Å²) in [5, 5.41) is 4.17. The van der Waals surface area contributed by atoms with Crippen LogP contribution in [-0.4, -0.2) is 19.3 Å². The summed E-state index contributed by atoms with van der Waals surface area (Å²) in [5.74, 6) is 0.147. The van der Waals surface area contributed by atoms with Gasteiger partial charge in [-0.1, -0.05) is 28.9 Å². The van der Waals surface area contributed by atoms with Gasteiger partial charge < -0.3 is 15.2 Å². The van der Waals surface area contributed by atoms with Gasteiger partial charge >= 0.3 is 0 Å². The lowest BCUT2D eigenvalue weighted by Crippen LogP contribution is -2.07. The minimum absolute atomic E-state index is 0.147. The molecule has 0 saturated carbocycles. The van der Waals surface area contributed by atoms with E-state index >= 15 is 0 Å². The van der Waals surface area contributed by atoms with Gasteiger partial charge in [0.2, 0.25) is 5.88 Å². The molecule has 0 bridgehead atoms. The molecule has 0 aliphatic carbocycles. The standard InChI is InChI=1S/C11H12ClN3O/c1-15(2)8-5-3-7(4-6-8)10-9(12)11(13)16-14-10/h3-6H,13H2,1-2H3. The van der Waals surface area contributed by atoms with Crippen LogP contribution >= 0.6 is 11.6 Å². The normalized spacial score (nSPS) is 10.4. The highest BCUT2D eigenvalue weighted by Crippen LogP contribution is 2.32. The molecule has 0 amide bonds. The molecule has 1 heterocycles. The summed E-state index contributed by atoms with van der Waals surface area (Å²) in [4.78, 5) is 2.02. The second kappa shape index (κ2) is 4.06.